The zero-order chi connectivity index (χ0) is 11.6. The molecule has 0 amide bonds. The molecule has 1 aliphatic heterocycles. The molecule has 0 saturated carbocycles. The molecule has 0 aromatic rings. The Kier molecular flexibility index (Phi) is 7.81. The van der Waals surface area contributed by atoms with Gasteiger partial charge in [-0.1, -0.05) is 0 Å². The van der Waals surface area contributed by atoms with Crippen molar-refractivity contribution in [3.8, 4) is 0 Å². The van der Waals surface area contributed by atoms with E-state index in [2.05, 4.69) is 24.1 Å². The van der Waals surface area contributed by atoms with Gasteiger partial charge in [0.05, 0.1) is 0 Å². The summed E-state index contributed by atoms with van der Waals surface area (Å²) in [4.78, 5) is 2.59. The van der Waals surface area contributed by atoms with Gasteiger partial charge in [0.2, 0.25) is 0 Å². The fraction of sp³-hybridized carbons (Fsp3) is 1.00. The number of ether oxygens (including phenoxy) is 1. The molecule has 1 saturated heterocycles. The highest BCUT2D eigenvalue weighted by Crippen LogP contribution is 2.14. The standard InChI is InChI=1S/C13H28N2O/c1-3-16-12-5-4-8-14-9-11-15-10-6-7-13(15)2/h13-14H,3-12H2,1-2H3. The Morgan fingerprint density at radius 3 is 2.88 bits per heavy atom. The second-order valence-electron chi connectivity index (χ2n) is 4.68. The number of likely N-dealkylation sites (tertiary alicyclic amines) is 1. The summed E-state index contributed by atoms with van der Waals surface area (Å²) in [5, 5.41) is 3.51. The smallest absolute Gasteiger partial charge is 0.0466 e. The minimum absolute atomic E-state index is 0.805. The van der Waals surface area contributed by atoms with Crippen LogP contribution in [-0.4, -0.2) is 50.3 Å². The van der Waals surface area contributed by atoms with Crippen LogP contribution in [0.15, 0.2) is 0 Å². The van der Waals surface area contributed by atoms with Crippen LogP contribution in [-0.2, 0) is 4.74 Å². The summed E-state index contributed by atoms with van der Waals surface area (Å²) in [6, 6.07) is 0.805. The highest BCUT2D eigenvalue weighted by molar-refractivity contribution is 4.75. The molecule has 1 aliphatic rings. The van der Waals surface area contributed by atoms with E-state index in [9.17, 15) is 0 Å². The Labute approximate surface area is 101 Å². The first-order chi connectivity index (χ1) is 7.84. The van der Waals surface area contributed by atoms with E-state index in [0.717, 1.165) is 32.3 Å². The summed E-state index contributed by atoms with van der Waals surface area (Å²) in [7, 11) is 0. The number of nitrogens with one attached hydrogen (secondary N) is 1. The lowest BCUT2D eigenvalue weighted by atomic mass is 10.2. The molecular formula is C13H28N2O. The van der Waals surface area contributed by atoms with Gasteiger partial charge in [0.1, 0.15) is 0 Å². The predicted octanol–water partition coefficient (Wildman–Crippen LogP) is 1.88. The third kappa shape index (κ3) is 5.83. The van der Waals surface area contributed by atoms with Crippen molar-refractivity contribution in [3.63, 3.8) is 0 Å². The monoisotopic (exact) mass is 228 g/mol. The van der Waals surface area contributed by atoms with E-state index in [1.165, 1.54) is 38.8 Å². The van der Waals surface area contributed by atoms with E-state index in [0.29, 0.717) is 0 Å². The molecule has 0 spiro atoms. The van der Waals surface area contributed by atoms with Crippen LogP contribution in [0.3, 0.4) is 0 Å². The van der Waals surface area contributed by atoms with Gasteiger partial charge >= 0.3 is 0 Å². The first kappa shape index (κ1) is 13.9. The fourth-order valence-corrected chi connectivity index (χ4v) is 2.27. The van der Waals surface area contributed by atoms with Gasteiger partial charge in [-0.05, 0) is 52.6 Å². The molecule has 3 heteroatoms. The molecule has 1 fully saturated rings. The van der Waals surface area contributed by atoms with E-state index in [1.54, 1.807) is 0 Å². The molecule has 96 valence electrons. The molecule has 16 heavy (non-hydrogen) atoms. The van der Waals surface area contributed by atoms with E-state index in [4.69, 9.17) is 4.74 Å². The van der Waals surface area contributed by atoms with Gasteiger partial charge in [0.15, 0.2) is 0 Å². The summed E-state index contributed by atoms with van der Waals surface area (Å²) in [5.74, 6) is 0. The van der Waals surface area contributed by atoms with E-state index in [-0.39, 0.29) is 0 Å². The lowest BCUT2D eigenvalue weighted by Crippen LogP contribution is -2.34. The fourth-order valence-electron chi connectivity index (χ4n) is 2.27. The molecular weight excluding hydrogens is 200 g/mol. The SMILES string of the molecule is CCOCCCCNCCN1CCCC1C. The minimum atomic E-state index is 0.805. The molecule has 0 aliphatic carbocycles. The van der Waals surface area contributed by atoms with Gasteiger partial charge in [-0.3, -0.25) is 4.90 Å². The summed E-state index contributed by atoms with van der Waals surface area (Å²) in [5.41, 5.74) is 0. The van der Waals surface area contributed by atoms with Crippen molar-refractivity contribution >= 4 is 0 Å². The maximum absolute atomic E-state index is 5.30. The largest absolute Gasteiger partial charge is 0.382 e. The quantitative estimate of drug-likeness (QED) is 0.610. The Balaban J connectivity index is 1.81. The third-order valence-electron chi connectivity index (χ3n) is 3.36. The number of hydrogen-bond donors (Lipinski definition) is 1. The molecule has 0 aromatic heterocycles. The van der Waals surface area contributed by atoms with Crippen LogP contribution in [0.25, 0.3) is 0 Å². The molecule has 1 unspecified atom stereocenters. The van der Waals surface area contributed by atoms with Crippen molar-refractivity contribution in [1.82, 2.24) is 10.2 Å². The van der Waals surface area contributed by atoms with Crippen molar-refractivity contribution in [2.75, 3.05) is 39.4 Å². The number of rotatable bonds is 9. The van der Waals surface area contributed by atoms with Gasteiger partial charge in [0.25, 0.3) is 0 Å². The number of nitrogens with zero attached hydrogens (tertiary/aromatic N) is 1. The topological polar surface area (TPSA) is 24.5 Å². The van der Waals surface area contributed by atoms with Crippen molar-refractivity contribution in [3.05, 3.63) is 0 Å². The predicted molar refractivity (Wildman–Crippen MR) is 68.9 cm³/mol. The molecule has 0 aromatic carbocycles. The molecule has 3 nitrogen and oxygen atoms in total. The van der Waals surface area contributed by atoms with Crippen LogP contribution >= 0.6 is 0 Å². The zero-order valence-electron chi connectivity index (χ0n) is 11.0. The van der Waals surface area contributed by atoms with Crippen LogP contribution in [0, 0.1) is 0 Å². The van der Waals surface area contributed by atoms with Crippen LogP contribution in [0.5, 0.6) is 0 Å². The van der Waals surface area contributed by atoms with Crippen molar-refractivity contribution in [2.24, 2.45) is 0 Å². The van der Waals surface area contributed by atoms with Gasteiger partial charge in [0, 0.05) is 32.3 Å². The summed E-state index contributed by atoms with van der Waals surface area (Å²) in [6.07, 6.45) is 5.18. The minimum Gasteiger partial charge on any atom is -0.382 e. The molecule has 1 rings (SSSR count). The first-order valence-electron chi connectivity index (χ1n) is 6.87. The molecule has 1 atom stereocenters. The average molecular weight is 228 g/mol. The van der Waals surface area contributed by atoms with Gasteiger partial charge < -0.3 is 10.1 Å². The van der Waals surface area contributed by atoms with Crippen molar-refractivity contribution in [1.29, 1.82) is 0 Å². The lowest BCUT2D eigenvalue weighted by Gasteiger charge is -2.20. The number of hydrogen-bond acceptors (Lipinski definition) is 3. The maximum atomic E-state index is 5.30. The van der Waals surface area contributed by atoms with Crippen LogP contribution in [0.4, 0.5) is 0 Å². The number of unbranched alkanes of at least 4 members (excludes halogenated alkanes) is 1. The molecule has 1 N–H and O–H groups in total. The Hall–Kier alpha value is -0.120. The highest BCUT2D eigenvalue weighted by Gasteiger charge is 2.18. The first-order valence-corrected chi connectivity index (χ1v) is 6.87. The average Bonchev–Trinajstić information content (AvgIpc) is 2.68. The van der Waals surface area contributed by atoms with Gasteiger partial charge in [-0.2, -0.15) is 0 Å². The van der Waals surface area contributed by atoms with E-state index in [1.807, 2.05) is 0 Å². The van der Waals surface area contributed by atoms with Crippen LogP contribution in [0.2, 0.25) is 0 Å². The van der Waals surface area contributed by atoms with Gasteiger partial charge in [-0.25, -0.2) is 0 Å². The second-order valence-corrected chi connectivity index (χ2v) is 4.68. The normalized spacial score (nSPS) is 21.8. The molecule has 0 radical (unpaired) electrons. The lowest BCUT2D eigenvalue weighted by molar-refractivity contribution is 0.143. The van der Waals surface area contributed by atoms with E-state index >= 15 is 0 Å². The Bertz CT molecular complexity index is 164. The second kappa shape index (κ2) is 8.97. The van der Waals surface area contributed by atoms with Crippen LogP contribution < -0.4 is 5.32 Å². The Morgan fingerprint density at radius 2 is 2.19 bits per heavy atom. The highest BCUT2D eigenvalue weighted by atomic mass is 16.5. The van der Waals surface area contributed by atoms with Crippen molar-refractivity contribution < 1.29 is 4.74 Å². The van der Waals surface area contributed by atoms with Crippen molar-refractivity contribution in [2.45, 2.75) is 45.6 Å². The van der Waals surface area contributed by atoms with Crippen LogP contribution in [0.1, 0.15) is 39.5 Å². The zero-order valence-corrected chi connectivity index (χ0v) is 11.0. The molecule has 0 bridgehead atoms. The van der Waals surface area contributed by atoms with E-state index < -0.39 is 0 Å². The summed E-state index contributed by atoms with van der Waals surface area (Å²) < 4.78 is 5.30. The summed E-state index contributed by atoms with van der Waals surface area (Å²) >= 11 is 0. The molecule has 1 heterocycles. The third-order valence-corrected chi connectivity index (χ3v) is 3.36. The summed E-state index contributed by atoms with van der Waals surface area (Å²) in [6.45, 7) is 10.9. The maximum Gasteiger partial charge on any atom is 0.0466 e. The Morgan fingerprint density at radius 1 is 1.31 bits per heavy atom. The van der Waals surface area contributed by atoms with Gasteiger partial charge in [-0.15, -0.1) is 0 Å².